The molecule has 4 heteroatoms. The molecule has 0 aromatic heterocycles. The van der Waals surface area contributed by atoms with E-state index in [0.29, 0.717) is 0 Å². The Hall–Kier alpha value is -2.13. The minimum Gasteiger partial charge on any atom is -1.00 e. The zero-order valence-corrected chi connectivity index (χ0v) is 20.9. The normalized spacial score (nSPS) is 12.2. The maximum atomic E-state index is 6.74. The van der Waals surface area contributed by atoms with E-state index in [9.17, 15) is 0 Å². The molecule has 1 aliphatic rings. The minimum absolute atomic E-state index is 0. The maximum absolute atomic E-state index is 6.74. The van der Waals surface area contributed by atoms with Crippen LogP contribution in [0.25, 0.3) is 16.3 Å². The van der Waals surface area contributed by atoms with Crippen molar-refractivity contribution in [2.75, 3.05) is 7.11 Å². The van der Waals surface area contributed by atoms with Gasteiger partial charge in [-0.25, -0.2) is 0 Å². The molecule has 0 unspecified atom stereocenters. The van der Waals surface area contributed by atoms with E-state index < -0.39 is 17.0 Å². The molecular formula is C28H24Cl2OTi. The maximum Gasteiger partial charge on any atom is -1.00 e. The average molecular weight is 495 g/mol. The Kier molecular flexibility index (Phi) is 8.17. The molecule has 0 N–H and O–H groups in total. The first-order valence-corrected chi connectivity index (χ1v) is 13.4. The molecule has 4 aromatic rings. The second-order valence-electron chi connectivity index (χ2n) is 7.65. The smallest absolute Gasteiger partial charge is 1.00 e. The van der Waals surface area contributed by atoms with Crippen molar-refractivity contribution in [3.8, 4) is 0 Å². The van der Waals surface area contributed by atoms with Crippen LogP contribution in [0.3, 0.4) is 0 Å². The number of hydrogen-bond donors (Lipinski definition) is 0. The van der Waals surface area contributed by atoms with Crippen LogP contribution in [0.5, 0.6) is 0 Å². The third-order valence-corrected chi connectivity index (χ3v) is 12.5. The third kappa shape index (κ3) is 4.12. The Balaban J connectivity index is 0.00000144. The molecule has 1 nitrogen and oxygen atoms in total. The predicted octanol–water partition coefficient (Wildman–Crippen LogP) is -0.817. The summed E-state index contributed by atoms with van der Waals surface area (Å²) in [6.07, 6.45) is 7.63. The molecule has 0 amide bonds. The largest absolute Gasteiger partial charge is 1.00 e. The summed E-state index contributed by atoms with van der Waals surface area (Å²) >= 11 is -3.45. The molecule has 0 saturated carbocycles. The van der Waals surface area contributed by atoms with E-state index >= 15 is 0 Å². The fourth-order valence-corrected chi connectivity index (χ4v) is 11.2. The van der Waals surface area contributed by atoms with Gasteiger partial charge >= 0.3 is 183 Å². The quantitative estimate of drug-likeness (QED) is 0.329. The summed E-state index contributed by atoms with van der Waals surface area (Å²) in [6, 6.07) is 35.0. The van der Waals surface area contributed by atoms with Gasteiger partial charge in [0.15, 0.2) is 0 Å². The summed E-state index contributed by atoms with van der Waals surface area (Å²) in [5.74, 6) is 0. The minimum atomic E-state index is -3.45. The van der Waals surface area contributed by atoms with Gasteiger partial charge in [0.1, 0.15) is 0 Å². The van der Waals surface area contributed by atoms with Crippen molar-refractivity contribution < 1.29 is 45.1 Å². The number of hydrogen-bond acceptors (Lipinski definition) is 1. The molecule has 0 heterocycles. The van der Waals surface area contributed by atoms with E-state index in [4.69, 9.17) is 3.32 Å². The van der Waals surface area contributed by atoms with Gasteiger partial charge in [-0.3, -0.25) is 0 Å². The predicted molar refractivity (Wildman–Crippen MR) is 124 cm³/mol. The van der Waals surface area contributed by atoms with Crippen molar-refractivity contribution in [1.82, 2.24) is 0 Å². The van der Waals surface area contributed by atoms with Crippen molar-refractivity contribution in [3.63, 3.8) is 0 Å². The van der Waals surface area contributed by atoms with E-state index in [1.54, 1.807) is 0 Å². The van der Waals surface area contributed by atoms with Crippen molar-refractivity contribution in [1.29, 1.82) is 0 Å². The zero-order chi connectivity index (χ0) is 20.4. The Morgan fingerprint density at radius 1 is 0.688 bits per heavy atom. The third-order valence-electron chi connectivity index (χ3n) is 6.07. The van der Waals surface area contributed by atoms with Crippen LogP contribution in [0.4, 0.5) is 0 Å². The van der Waals surface area contributed by atoms with Crippen LogP contribution in [0.15, 0.2) is 115 Å². The van der Waals surface area contributed by atoms with E-state index in [1.165, 1.54) is 33.5 Å². The van der Waals surface area contributed by atoms with Crippen LogP contribution in [-0.2, 0) is 20.3 Å². The van der Waals surface area contributed by atoms with E-state index in [-0.39, 0.29) is 24.8 Å². The Bertz CT molecular complexity index is 1210. The Morgan fingerprint density at radius 2 is 1.28 bits per heavy atom. The number of fused-ring (bicyclic) bond motifs is 1. The number of halogens is 2. The van der Waals surface area contributed by atoms with Crippen molar-refractivity contribution in [3.05, 3.63) is 121 Å². The zero-order valence-electron chi connectivity index (χ0n) is 17.8. The van der Waals surface area contributed by atoms with Crippen LogP contribution in [0, 0.1) is 0 Å². The second-order valence-corrected chi connectivity index (χ2v) is 13.0. The van der Waals surface area contributed by atoms with Crippen LogP contribution < -0.4 is 36.4 Å². The fourth-order valence-electron chi connectivity index (χ4n) is 4.70. The molecule has 5 rings (SSSR count). The molecule has 32 heavy (non-hydrogen) atoms. The van der Waals surface area contributed by atoms with Gasteiger partial charge in [0, 0.05) is 0 Å². The first-order chi connectivity index (χ1) is 14.8. The fraction of sp³-hybridized carbons (Fsp3) is 0.0714. The molecule has 4 aromatic carbocycles. The first-order valence-electron chi connectivity index (χ1n) is 10.4. The summed E-state index contributed by atoms with van der Waals surface area (Å²) < 4.78 is 10.8. The molecule has 0 aliphatic heterocycles. The van der Waals surface area contributed by atoms with Crippen molar-refractivity contribution in [2.45, 2.75) is 6.42 Å². The van der Waals surface area contributed by atoms with Gasteiger partial charge in [-0.15, -0.1) is 0 Å². The average Bonchev–Trinajstić information content (AvgIpc) is 3.36. The number of rotatable bonds is 5. The van der Waals surface area contributed by atoms with E-state index in [2.05, 4.69) is 115 Å². The van der Waals surface area contributed by atoms with Gasteiger partial charge in [0.05, 0.1) is 0 Å². The van der Waals surface area contributed by atoms with E-state index in [0.717, 1.165) is 6.42 Å². The molecule has 0 saturated heterocycles. The topological polar surface area (TPSA) is 9.23 Å². The summed E-state index contributed by atoms with van der Waals surface area (Å²) in [5, 5.41) is 2.57. The van der Waals surface area contributed by atoms with Crippen LogP contribution in [0.1, 0.15) is 12.0 Å². The first kappa shape index (κ1) is 24.5. The van der Waals surface area contributed by atoms with Gasteiger partial charge in [-0.1, -0.05) is 0 Å². The Morgan fingerprint density at radius 3 is 1.84 bits per heavy atom. The van der Waals surface area contributed by atoms with E-state index in [1.807, 2.05) is 7.11 Å². The molecule has 0 fully saturated rings. The summed E-state index contributed by atoms with van der Waals surface area (Å²) in [5.41, 5.74) is 2.70. The van der Waals surface area contributed by atoms with Gasteiger partial charge in [0.2, 0.25) is 0 Å². The summed E-state index contributed by atoms with van der Waals surface area (Å²) in [6.45, 7) is 0. The second kappa shape index (κ2) is 10.7. The molecular weight excluding hydrogens is 471 g/mol. The van der Waals surface area contributed by atoms with Gasteiger partial charge in [-0.05, 0) is 0 Å². The number of allylic oxidation sites excluding steroid dienone is 4. The SMILES string of the molecule is C[O][Ti+2]([c]1ccccc1)([c]1ccccc1)[c]1c(C2=CC=CC2)ccc2ccccc12.[Cl-].[Cl-]. The summed E-state index contributed by atoms with van der Waals surface area (Å²) in [7, 11) is 1.91. The van der Waals surface area contributed by atoms with Gasteiger partial charge in [0.25, 0.3) is 0 Å². The molecule has 1 aliphatic carbocycles. The van der Waals surface area contributed by atoms with Crippen molar-refractivity contribution in [2.24, 2.45) is 0 Å². The van der Waals surface area contributed by atoms with Gasteiger partial charge < -0.3 is 24.8 Å². The van der Waals surface area contributed by atoms with Crippen LogP contribution in [0.2, 0.25) is 0 Å². The van der Waals surface area contributed by atoms with Crippen LogP contribution in [-0.4, -0.2) is 7.11 Å². The Labute approximate surface area is 206 Å². The molecule has 0 atom stereocenters. The van der Waals surface area contributed by atoms with Crippen molar-refractivity contribution >= 4 is 28.0 Å². The number of benzene rings is 4. The molecule has 0 spiro atoms. The molecule has 0 radical (unpaired) electrons. The van der Waals surface area contributed by atoms with Crippen LogP contribution >= 0.6 is 0 Å². The van der Waals surface area contributed by atoms with Gasteiger partial charge in [-0.2, -0.15) is 0 Å². The summed E-state index contributed by atoms with van der Waals surface area (Å²) in [4.78, 5) is 0. The monoisotopic (exact) mass is 494 g/mol. The molecule has 160 valence electrons. The molecule has 0 bridgehead atoms. The standard InChI is InChI=1S/C15H11.2C6H5.CH3O.2ClH.Ti/c1-2-6-12(5-1)15-10-9-13-7-3-4-8-14(13)11-15;2*1-2-4-6-5-3-1;1-2;;;/h1-5,7-10H,6H2;2*1-5H;1H3;2*1H;/q;;;-1;;;+3/p-2.